The summed E-state index contributed by atoms with van der Waals surface area (Å²) in [6, 6.07) is 12.8. The maximum atomic E-state index is 13.3. The molecule has 7 nitrogen and oxygen atoms in total. The Labute approximate surface area is 249 Å². The van der Waals surface area contributed by atoms with Gasteiger partial charge in [0, 0.05) is 29.2 Å². The van der Waals surface area contributed by atoms with Gasteiger partial charge in [-0.2, -0.15) is 13.2 Å². The van der Waals surface area contributed by atoms with Crippen LogP contribution in [0.25, 0.3) is 0 Å². The van der Waals surface area contributed by atoms with Gasteiger partial charge < -0.3 is 14.8 Å². The van der Waals surface area contributed by atoms with Crippen molar-refractivity contribution in [3.8, 4) is 0 Å². The van der Waals surface area contributed by atoms with Gasteiger partial charge in [-0.3, -0.25) is 9.52 Å². The summed E-state index contributed by atoms with van der Waals surface area (Å²) in [6.07, 6.45) is -2.52. The van der Waals surface area contributed by atoms with Crippen LogP contribution in [0.1, 0.15) is 34.3 Å². The maximum Gasteiger partial charge on any atom is 0.417 e. The van der Waals surface area contributed by atoms with E-state index in [9.17, 15) is 30.9 Å². The minimum atomic E-state index is -4.87. The number of nitrogens with one attached hydrogen (secondary N) is 2. The van der Waals surface area contributed by atoms with Crippen molar-refractivity contribution in [1.29, 1.82) is 0 Å². The Morgan fingerprint density at radius 2 is 1.68 bits per heavy atom. The Hall–Kier alpha value is -2.48. The summed E-state index contributed by atoms with van der Waals surface area (Å²) in [6.45, 7) is 3.40. The lowest BCUT2D eigenvalue weighted by Crippen LogP contribution is -2.33. The predicted octanol–water partition coefficient (Wildman–Crippen LogP) is 5.95. The monoisotopic (exact) mass is 647 g/mol. The summed E-state index contributed by atoms with van der Waals surface area (Å²) in [5.41, 5.74) is -0.385. The summed E-state index contributed by atoms with van der Waals surface area (Å²) in [7, 11) is -4.54. The van der Waals surface area contributed by atoms with Gasteiger partial charge in [0.1, 0.15) is 11.4 Å². The predicted molar refractivity (Wildman–Crippen MR) is 153 cm³/mol. The normalized spacial score (nSPS) is 15.1. The van der Waals surface area contributed by atoms with Gasteiger partial charge in [0.2, 0.25) is 0 Å². The number of nitrogens with zero attached hydrogens (tertiary/aromatic N) is 1. The highest BCUT2D eigenvalue weighted by Gasteiger charge is 2.35. The lowest BCUT2D eigenvalue weighted by molar-refractivity contribution is -0.137. The topological polar surface area (TPSA) is 102 Å². The maximum absolute atomic E-state index is 13.3. The van der Waals surface area contributed by atoms with Gasteiger partial charge in [0.15, 0.2) is 4.90 Å². The van der Waals surface area contributed by atoms with Crippen LogP contribution in [-0.2, 0) is 33.1 Å². The molecule has 1 unspecified atom stereocenters. The van der Waals surface area contributed by atoms with E-state index in [-0.39, 0.29) is 27.3 Å². The third-order valence-corrected chi connectivity index (χ3v) is 9.78. The fraction of sp³-hybridized carbons (Fsp3) is 0.296. The van der Waals surface area contributed by atoms with Crippen LogP contribution in [0.4, 0.5) is 18.9 Å². The fourth-order valence-corrected chi connectivity index (χ4v) is 7.07. The number of alkyl halides is 3. The molecule has 3 aromatic rings. The zero-order valence-corrected chi connectivity index (χ0v) is 24.7. The second kappa shape index (κ2) is 13.2. The molecule has 14 heteroatoms. The molecule has 220 valence electrons. The zero-order chi connectivity index (χ0) is 29.8. The summed E-state index contributed by atoms with van der Waals surface area (Å²) in [5.74, 6) is -0.242. The number of hydrogen-bond acceptors (Lipinski definition) is 5. The van der Waals surface area contributed by atoms with Gasteiger partial charge >= 0.3 is 6.18 Å². The molecule has 1 aliphatic rings. The van der Waals surface area contributed by atoms with Crippen LogP contribution in [0.15, 0.2) is 70.5 Å². The highest BCUT2D eigenvalue weighted by atomic mass is 35.5. The van der Waals surface area contributed by atoms with Crippen molar-refractivity contribution in [2.45, 2.75) is 34.6 Å². The Morgan fingerprint density at radius 3 is 2.34 bits per heavy atom. The number of likely N-dealkylation sites (tertiary alicyclic amines) is 1. The summed E-state index contributed by atoms with van der Waals surface area (Å²) in [4.78, 5) is 14.1. The van der Waals surface area contributed by atoms with Gasteiger partial charge in [-0.15, -0.1) is 0 Å². The van der Waals surface area contributed by atoms with Crippen molar-refractivity contribution in [2.24, 2.45) is 0 Å². The van der Waals surface area contributed by atoms with Gasteiger partial charge in [-0.25, -0.2) is 8.42 Å². The highest BCUT2D eigenvalue weighted by molar-refractivity contribution is 7.93. The van der Waals surface area contributed by atoms with Crippen molar-refractivity contribution in [2.75, 3.05) is 30.9 Å². The zero-order valence-electron chi connectivity index (χ0n) is 21.5. The van der Waals surface area contributed by atoms with Crippen LogP contribution in [0, 0.1) is 0 Å². The van der Waals surface area contributed by atoms with Gasteiger partial charge in [0.25, 0.3) is 15.9 Å². The molecule has 0 aliphatic carbocycles. The molecule has 0 spiro atoms. The number of amides is 1. The van der Waals surface area contributed by atoms with E-state index in [0.29, 0.717) is 23.7 Å². The summed E-state index contributed by atoms with van der Waals surface area (Å²) in [5, 5.41) is 2.36. The Kier molecular flexibility index (Phi) is 10.1. The van der Waals surface area contributed by atoms with Gasteiger partial charge in [0.05, 0.1) is 15.5 Å². The van der Waals surface area contributed by atoms with Crippen molar-refractivity contribution in [3.63, 3.8) is 0 Å². The molecule has 1 amide bonds. The van der Waals surface area contributed by atoms with Crippen LogP contribution in [0.5, 0.6) is 0 Å². The Morgan fingerprint density at radius 1 is 1.00 bits per heavy atom. The van der Waals surface area contributed by atoms with Gasteiger partial charge in [-0.1, -0.05) is 35.3 Å². The average Bonchev–Trinajstić information content (AvgIpc) is 3.42. The number of sulfonamides is 1. The lowest BCUT2D eigenvalue weighted by Gasteiger charge is -2.17. The second-order valence-corrected chi connectivity index (χ2v) is 13.3. The number of hydrogen-bond donors (Lipinski definition) is 2. The molecule has 1 fully saturated rings. The molecule has 2 N–H and O–H groups in total. The van der Waals surface area contributed by atoms with E-state index in [2.05, 4.69) is 14.9 Å². The first-order valence-electron chi connectivity index (χ1n) is 12.5. The van der Waals surface area contributed by atoms with Crippen molar-refractivity contribution >= 4 is 56.0 Å². The molecule has 1 saturated heterocycles. The van der Waals surface area contributed by atoms with Crippen molar-refractivity contribution in [3.05, 3.63) is 87.4 Å². The molecule has 0 bridgehead atoms. The molecule has 41 heavy (non-hydrogen) atoms. The lowest BCUT2D eigenvalue weighted by atomic mass is 10.1. The average molecular weight is 649 g/mol. The number of carbonyl (C=O) groups excluding carboxylic acids is 1. The van der Waals surface area contributed by atoms with E-state index < -0.39 is 42.9 Å². The molecule has 0 aromatic heterocycles. The molecule has 1 heterocycles. The summed E-state index contributed by atoms with van der Waals surface area (Å²) < 4.78 is 81.3. The number of rotatable bonds is 10. The second-order valence-electron chi connectivity index (χ2n) is 9.38. The standard InChI is InChI=1S/C27H26Cl2F3N3O4S2/c28-20-7-10-25(24(15-20)34-41(38,39)21-8-9-23(29)22(16-21)27(30,31)32)40(37)17-18-3-5-19(6-4-18)26(36)33-11-14-35-12-1-2-13-35/h3-10,15-16,34H,1-2,11-14,17H2,(H,33,36). The molecule has 1 atom stereocenters. The molecular formula is C27H26Cl2F3N3O4S2. The van der Waals surface area contributed by atoms with E-state index in [4.69, 9.17) is 23.2 Å². The molecule has 3 aromatic carbocycles. The molecular weight excluding hydrogens is 622 g/mol. The van der Waals surface area contributed by atoms with E-state index in [1.807, 2.05) is 0 Å². The first kappa shape index (κ1) is 31.5. The van der Waals surface area contributed by atoms with E-state index in [1.54, 1.807) is 24.3 Å². The van der Waals surface area contributed by atoms with Gasteiger partial charge in [-0.05, 0) is 85.6 Å². The summed E-state index contributed by atoms with van der Waals surface area (Å²) >= 11 is 9.87. The largest absolute Gasteiger partial charge is 0.611 e. The van der Waals surface area contributed by atoms with Crippen molar-refractivity contribution in [1.82, 2.24) is 10.2 Å². The van der Waals surface area contributed by atoms with Crippen LogP contribution in [0.3, 0.4) is 0 Å². The Bertz CT molecular complexity index is 1500. The molecule has 0 radical (unpaired) electrons. The number of anilines is 1. The van der Waals surface area contributed by atoms with Crippen LogP contribution in [0.2, 0.25) is 10.0 Å². The minimum Gasteiger partial charge on any atom is -0.611 e. The smallest absolute Gasteiger partial charge is 0.417 e. The molecule has 1 aliphatic heterocycles. The Balaban J connectivity index is 1.45. The minimum absolute atomic E-state index is 0.0214. The number of halogens is 5. The van der Waals surface area contributed by atoms with Crippen LogP contribution < -0.4 is 10.0 Å². The van der Waals surface area contributed by atoms with Crippen LogP contribution in [-0.4, -0.2) is 50.0 Å². The quantitative estimate of drug-likeness (QED) is 0.265. The van der Waals surface area contributed by atoms with Crippen molar-refractivity contribution < 1.29 is 30.9 Å². The molecule has 0 saturated carbocycles. The number of carbonyl (C=O) groups is 1. The fourth-order valence-electron chi connectivity index (χ4n) is 4.29. The number of benzene rings is 3. The third kappa shape index (κ3) is 8.30. The van der Waals surface area contributed by atoms with E-state index >= 15 is 0 Å². The first-order chi connectivity index (χ1) is 19.3. The van der Waals surface area contributed by atoms with E-state index in [1.165, 1.54) is 31.0 Å². The van der Waals surface area contributed by atoms with E-state index in [0.717, 1.165) is 31.8 Å². The molecule has 4 rings (SSSR count). The highest BCUT2D eigenvalue weighted by Crippen LogP contribution is 2.37. The first-order valence-corrected chi connectivity index (χ1v) is 16.1. The van der Waals surface area contributed by atoms with Crippen LogP contribution >= 0.6 is 23.2 Å². The third-order valence-electron chi connectivity index (χ3n) is 6.41. The SMILES string of the molecule is O=C(NCCN1CCCC1)c1ccc(C[S+]([O-])c2ccc(Cl)cc2NS(=O)(=O)c2ccc(Cl)c(C(F)(F)F)c2)cc1.